The zero-order chi connectivity index (χ0) is 13.2. The highest BCUT2D eigenvalue weighted by molar-refractivity contribution is 5.91. The van der Waals surface area contributed by atoms with E-state index in [1.54, 1.807) is 6.20 Å². The number of aromatic nitrogens is 3. The highest BCUT2D eigenvalue weighted by Gasteiger charge is 2.14. The fraction of sp³-hybridized carbons (Fsp3) is 0.286. The number of para-hydroxylation sites is 1. The van der Waals surface area contributed by atoms with Crippen LogP contribution in [0.15, 0.2) is 34.9 Å². The van der Waals surface area contributed by atoms with Crippen LogP contribution in [0.2, 0.25) is 0 Å². The summed E-state index contributed by atoms with van der Waals surface area (Å²) < 4.78 is 7.60. The smallest absolute Gasteiger partial charge is 0.208 e. The lowest BCUT2D eigenvalue weighted by molar-refractivity contribution is 0.481. The first-order valence-electron chi connectivity index (χ1n) is 6.37. The van der Waals surface area contributed by atoms with Crippen molar-refractivity contribution >= 4 is 10.9 Å². The van der Waals surface area contributed by atoms with Crippen LogP contribution in [-0.2, 0) is 13.6 Å². The number of rotatable bonds is 4. The molecule has 1 aromatic carbocycles. The van der Waals surface area contributed by atoms with E-state index in [2.05, 4.69) is 22.3 Å². The topological polar surface area (TPSA) is 55.9 Å². The maximum absolute atomic E-state index is 5.74. The van der Waals surface area contributed by atoms with Gasteiger partial charge < -0.3 is 9.73 Å². The van der Waals surface area contributed by atoms with Crippen molar-refractivity contribution in [1.29, 1.82) is 0 Å². The van der Waals surface area contributed by atoms with E-state index in [9.17, 15) is 0 Å². The molecule has 0 saturated carbocycles. The highest BCUT2D eigenvalue weighted by atomic mass is 16.4. The first-order valence-corrected chi connectivity index (χ1v) is 6.37. The van der Waals surface area contributed by atoms with Gasteiger partial charge in [-0.15, -0.1) is 0 Å². The van der Waals surface area contributed by atoms with Crippen LogP contribution in [0.1, 0.15) is 12.8 Å². The molecule has 5 heteroatoms. The number of oxazole rings is 1. The third-order valence-electron chi connectivity index (χ3n) is 3.07. The predicted molar refractivity (Wildman–Crippen MR) is 73.6 cm³/mol. The van der Waals surface area contributed by atoms with Crippen molar-refractivity contribution in [2.24, 2.45) is 7.05 Å². The molecule has 19 heavy (non-hydrogen) atoms. The van der Waals surface area contributed by atoms with Gasteiger partial charge in [0.15, 0.2) is 5.76 Å². The van der Waals surface area contributed by atoms with E-state index in [4.69, 9.17) is 4.42 Å². The predicted octanol–water partition coefficient (Wildman–Crippen LogP) is 2.34. The molecule has 0 saturated heterocycles. The average molecular weight is 256 g/mol. The number of nitrogens with zero attached hydrogens (tertiary/aromatic N) is 3. The molecule has 0 bridgehead atoms. The largest absolute Gasteiger partial charge is 0.438 e. The zero-order valence-electron chi connectivity index (χ0n) is 11.1. The minimum atomic E-state index is 0.640. The van der Waals surface area contributed by atoms with Crippen molar-refractivity contribution in [3.8, 4) is 11.5 Å². The molecule has 0 radical (unpaired) electrons. The summed E-state index contributed by atoms with van der Waals surface area (Å²) in [7, 11) is 1.93. The van der Waals surface area contributed by atoms with Crippen molar-refractivity contribution in [1.82, 2.24) is 20.1 Å². The van der Waals surface area contributed by atoms with Crippen molar-refractivity contribution in [3.05, 3.63) is 36.4 Å². The van der Waals surface area contributed by atoms with Gasteiger partial charge >= 0.3 is 0 Å². The third kappa shape index (κ3) is 2.13. The van der Waals surface area contributed by atoms with Gasteiger partial charge in [0, 0.05) is 12.4 Å². The molecule has 0 fully saturated rings. The average Bonchev–Trinajstić information content (AvgIpc) is 3.02. The fourth-order valence-electron chi connectivity index (χ4n) is 2.13. The summed E-state index contributed by atoms with van der Waals surface area (Å²) >= 11 is 0. The third-order valence-corrected chi connectivity index (χ3v) is 3.07. The van der Waals surface area contributed by atoms with Crippen LogP contribution < -0.4 is 5.32 Å². The van der Waals surface area contributed by atoms with Crippen molar-refractivity contribution in [3.63, 3.8) is 0 Å². The highest BCUT2D eigenvalue weighted by Crippen LogP contribution is 2.27. The normalized spacial score (nSPS) is 11.3. The molecule has 0 atom stereocenters. The number of hydrogen-bond acceptors (Lipinski definition) is 4. The SMILES string of the molecule is CCNCc1ncc(-c2nn(C)c3ccccc23)o1. The summed E-state index contributed by atoms with van der Waals surface area (Å²) in [5, 5.41) is 8.79. The van der Waals surface area contributed by atoms with Crippen LogP contribution in [0.3, 0.4) is 0 Å². The van der Waals surface area contributed by atoms with Crippen LogP contribution in [0, 0.1) is 0 Å². The molecule has 0 aliphatic rings. The van der Waals surface area contributed by atoms with Gasteiger partial charge in [-0.1, -0.05) is 25.1 Å². The summed E-state index contributed by atoms with van der Waals surface area (Å²) in [6.45, 7) is 3.58. The van der Waals surface area contributed by atoms with Gasteiger partial charge in [0.25, 0.3) is 0 Å². The van der Waals surface area contributed by atoms with E-state index < -0.39 is 0 Å². The molecule has 98 valence electrons. The van der Waals surface area contributed by atoms with E-state index in [1.165, 1.54) is 0 Å². The lowest BCUT2D eigenvalue weighted by Crippen LogP contribution is -2.11. The van der Waals surface area contributed by atoms with Crippen LogP contribution in [-0.4, -0.2) is 21.3 Å². The number of nitrogens with one attached hydrogen (secondary N) is 1. The summed E-state index contributed by atoms with van der Waals surface area (Å²) in [5.74, 6) is 1.40. The standard InChI is InChI=1S/C14H16N4O/c1-3-15-9-13-16-8-12(19-13)14-10-6-4-5-7-11(10)18(2)17-14/h4-8,15H,3,9H2,1-2H3. The maximum atomic E-state index is 5.74. The Hall–Kier alpha value is -2.14. The monoisotopic (exact) mass is 256 g/mol. The lowest BCUT2D eigenvalue weighted by Gasteiger charge is -1.95. The lowest BCUT2D eigenvalue weighted by atomic mass is 10.2. The van der Waals surface area contributed by atoms with Gasteiger partial charge in [0.05, 0.1) is 18.3 Å². The van der Waals surface area contributed by atoms with Crippen LogP contribution in [0.4, 0.5) is 0 Å². The molecular formula is C14H16N4O. The molecule has 5 nitrogen and oxygen atoms in total. The Balaban J connectivity index is 2.02. The van der Waals surface area contributed by atoms with E-state index >= 15 is 0 Å². The molecule has 0 aliphatic heterocycles. The van der Waals surface area contributed by atoms with Crippen molar-refractivity contribution < 1.29 is 4.42 Å². The second-order valence-corrected chi connectivity index (χ2v) is 4.39. The fourth-order valence-corrected chi connectivity index (χ4v) is 2.13. The van der Waals surface area contributed by atoms with E-state index in [0.717, 1.165) is 23.1 Å². The zero-order valence-corrected chi connectivity index (χ0v) is 11.1. The van der Waals surface area contributed by atoms with Crippen LogP contribution >= 0.6 is 0 Å². The Morgan fingerprint density at radius 2 is 2.16 bits per heavy atom. The molecule has 2 aromatic heterocycles. The summed E-state index contributed by atoms with van der Waals surface area (Å²) in [4.78, 5) is 4.27. The van der Waals surface area contributed by atoms with Gasteiger partial charge in [-0.05, 0) is 12.6 Å². The van der Waals surface area contributed by atoms with Gasteiger partial charge in [-0.3, -0.25) is 4.68 Å². The van der Waals surface area contributed by atoms with Gasteiger partial charge in [0.2, 0.25) is 5.89 Å². The van der Waals surface area contributed by atoms with Crippen LogP contribution in [0.5, 0.6) is 0 Å². The van der Waals surface area contributed by atoms with E-state index in [0.29, 0.717) is 18.2 Å². The Morgan fingerprint density at radius 1 is 1.32 bits per heavy atom. The Bertz CT molecular complexity index is 698. The second-order valence-electron chi connectivity index (χ2n) is 4.39. The Labute approximate surface area is 111 Å². The summed E-state index contributed by atoms with van der Waals surface area (Å²) in [6.07, 6.45) is 1.74. The minimum absolute atomic E-state index is 0.640. The first kappa shape index (κ1) is 11.9. The number of aryl methyl sites for hydroxylation is 1. The molecule has 0 spiro atoms. The molecule has 2 heterocycles. The number of hydrogen-bond donors (Lipinski definition) is 1. The second kappa shape index (κ2) is 4.85. The molecule has 0 unspecified atom stereocenters. The van der Waals surface area contributed by atoms with Crippen molar-refractivity contribution in [2.45, 2.75) is 13.5 Å². The van der Waals surface area contributed by atoms with E-state index in [-0.39, 0.29) is 0 Å². The molecule has 3 aromatic rings. The Morgan fingerprint density at radius 3 is 3.00 bits per heavy atom. The number of fused-ring (bicyclic) bond motifs is 1. The minimum Gasteiger partial charge on any atom is -0.438 e. The summed E-state index contributed by atoms with van der Waals surface area (Å²) in [6, 6.07) is 8.10. The summed E-state index contributed by atoms with van der Waals surface area (Å²) in [5.41, 5.74) is 1.93. The molecule has 0 aliphatic carbocycles. The maximum Gasteiger partial charge on any atom is 0.208 e. The van der Waals surface area contributed by atoms with E-state index in [1.807, 2.05) is 36.0 Å². The van der Waals surface area contributed by atoms with Gasteiger partial charge in [-0.25, -0.2) is 4.98 Å². The molecule has 0 amide bonds. The molecular weight excluding hydrogens is 240 g/mol. The van der Waals surface area contributed by atoms with Gasteiger partial charge in [0.1, 0.15) is 5.69 Å². The molecule has 1 N–H and O–H groups in total. The first-order chi connectivity index (χ1) is 9.29. The quantitative estimate of drug-likeness (QED) is 0.778. The van der Waals surface area contributed by atoms with Crippen molar-refractivity contribution in [2.75, 3.05) is 6.54 Å². The van der Waals surface area contributed by atoms with Crippen LogP contribution in [0.25, 0.3) is 22.4 Å². The Kier molecular flexibility index (Phi) is 3.05. The molecule has 3 rings (SSSR count). The van der Waals surface area contributed by atoms with Gasteiger partial charge in [-0.2, -0.15) is 5.10 Å². The number of benzene rings is 1.